The molecule has 1 aromatic carbocycles. The highest BCUT2D eigenvalue weighted by atomic mass is 32.1. The first-order valence-electron chi connectivity index (χ1n) is 7.46. The Bertz CT molecular complexity index is 1040. The summed E-state index contributed by atoms with van der Waals surface area (Å²) in [7, 11) is 0. The van der Waals surface area contributed by atoms with E-state index in [0.717, 1.165) is 11.3 Å². The van der Waals surface area contributed by atoms with E-state index >= 15 is 0 Å². The number of carbonyl (C=O) groups is 1. The number of aromatic nitrogens is 2. The molecule has 0 radical (unpaired) electrons. The number of hydrogen-bond acceptors (Lipinski definition) is 6. The molecule has 0 fully saturated rings. The van der Waals surface area contributed by atoms with Crippen molar-refractivity contribution < 1.29 is 9.72 Å². The maximum absolute atomic E-state index is 12.5. The number of fused-ring (bicyclic) bond motifs is 1. The van der Waals surface area contributed by atoms with Gasteiger partial charge in [0, 0.05) is 24.4 Å². The molecule has 0 aliphatic carbocycles. The number of non-ortho nitro benzene ring substituents is 1. The fourth-order valence-corrected chi connectivity index (χ4v) is 3.49. The molecular weight excluding hydrogens is 344 g/mol. The molecule has 2 aromatic heterocycles. The smallest absolute Gasteiger partial charge is 0.269 e. The molecule has 0 unspecified atom stereocenters. The number of nitrogens with one attached hydrogen (secondary N) is 1. The molecular formula is C16H14N4O4S. The Morgan fingerprint density at radius 1 is 1.36 bits per heavy atom. The quantitative estimate of drug-likeness (QED) is 0.570. The first-order valence-corrected chi connectivity index (χ1v) is 8.28. The number of rotatable bonds is 4. The molecule has 2 heterocycles. The second-order valence-corrected chi connectivity index (χ2v) is 6.33. The number of aryl methyl sites for hydroxylation is 2. The number of amides is 1. The lowest BCUT2D eigenvalue weighted by atomic mass is 10.2. The normalized spacial score (nSPS) is 10.8. The lowest BCUT2D eigenvalue weighted by Gasteiger charge is -2.04. The van der Waals surface area contributed by atoms with E-state index in [1.54, 1.807) is 6.92 Å². The number of thiophene rings is 1. The molecule has 3 rings (SSSR count). The van der Waals surface area contributed by atoms with E-state index in [4.69, 9.17) is 0 Å². The van der Waals surface area contributed by atoms with Crippen LogP contribution in [0, 0.1) is 17.0 Å². The van der Waals surface area contributed by atoms with Gasteiger partial charge in [0.15, 0.2) is 0 Å². The van der Waals surface area contributed by atoms with Crippen LogP contribution in [0.4, 0.5) is 11.4 Å². The van der Waals surface area contributed by atoms with Crippen molar-refractivity contribution in [3.05, 3.63) is 61.5 Å². The van der Waals surface area contributed by atoms with Crippen LogP contribution in [0.15, 0.2) is 35.4 Å². The minimum absolute atomic E-state index is 0.0552. The van der Waals surface area contributed by atoms with Gasteiger partial charge in [0.2, 0.25) is 0 Å². The SMILES string of the molecule is CCn1cnc2sc(C(=O)Nc3ccc([N+](=O)[O-])cc3)c(C)c2c1=O. The van der Waals surface area contributed by atoms with Gasteiger partial charge < -0.3 is 5.32 Å². The average Bonchev–Trinajstić information content (AvgIpc) is 2.93. The second kappa shape index (κ2) is 6.44. The van der Waals surface area contributed by atoms with Crippen molar-refractivity contribution in [3.8, 4) is 0 Å². The summed E-state index contributed by atoms with van der Waals surface area (Å²) in [5.74, 6) is -0.378. The molecule has 0 aliphatic rings. The Hall–Kier alpha value is -3.07. The highest BCUT2D eigenvalue weighted by molar-refractivity contribution is 7.20. The highest BCUT2D eigenvalue weighted by Crippen LogP contribution is 2.27. The van der Waals surface area contributed by atoms with Gasteiger partial charge in [-0.15, -0.1) is 11.3 Å². The zero-order chi connectivity index (χ0) is 18.1. The summed E-state index contributed by atoms with van der Waals surface area (Å²) in [6, 6.07) is 5.55. The molecule has 0 spiro atoms. The molecule has 1 amide bonds. The number of nitrogens with zero attached hydrogens (tertiary/aromatic N) is 3. The summed E-state index contributed by atoms with van der Waals surface area (Å²) >= 11 is 1.15. The monoisotopic (exact) mass is 358 g/mol. The van der Waals surface area contributed by atoms with Gasteiger partial charge in [-0.05, 0) is 31.5 Å². The summed E-state index contributed by atoms with van der Waals surface area (Å²) in [5.41, 5.74) is 0.794. The molecule has 0 saturated heterocycles. The van der Waals surface area contributed by atoms with Gasteiger partial charge in [-0.1, -0.05) is 0 Å². The Labute approximate surface area is 145 Å². The van der Waals surface area contributed by atoms with Crippen LogP contribution < -0.4 is 10.9 Å². The van der Waals surface area contributed by atoms with E-state index < -0.39 is 4.92 Å². The van der Waals surface area contributed by atoms with Crippen LogP contribution in [-0.4, -0.2) is 20.4 Å². The van der Waals surface area contributed by atoms with Gasteiger partial charge in [0.25, 0.3) is 17.2 Å². The van der Waals surface area contributed by atoms with Crippen molar-refractivity contribution in [1.82, 2.24) is 9.55 Å². The van der Waals surface area contributed by atoms with Crippen LogP contribution in [0.2, 0.25) is 0 Å². The largest absolute Gasteiger partial charge is 0.321 e. The fourth-order valence-electron chi connectivity index (χ4n) is 2.46. The fraction of sp³-hybridized carbons (Fsp3) is 0.188. The Kier molecular flexibility index (Phi) is 4.32. The van der Waals surface area contributed by atoms with Crippen LogP contribution in [0.5, 0.6) is 0 Å². The van der Waals surface area contributed by atoms with Crippen LogP contribution in [0.25, 0.3) is 10.2 Å². The van der Waals surface area contributed by atoms with E-state index in [1.807, 2.05) is 6.92 Å². The van der Waals surface area contributed by atoms with Gasteiger partial charge in [0.1, 0.15) is 4.83 Å². The maximum Gasteiger partial charge on any atom is 0.269 e. The lowest BCUT2D eigenvalue weighted by molar-refractivity contribution is -0.384. The molecule has 0 atom stereocenters. The van der Waals surface area contributed by atoms with Crippen molar-refractivity contribution >= 4 is 38.8 Å². The Balaban J connectivity index is 1.94. The number of benzene rings is 1. The molecule has 128 valence electrons. The van der Waals surface area contributed by atoms with Gasteiger partial charge in [0.05, 0.1) is 21.5 Å². The summed E-state index contributed by atoms with van der Waals surface area (Å²) < 4.78 is 1.49. The third-order valence-electron chi connectivity index (χ3n) is 3.80. The highest BCUT2D eigenvalue weighted by Gasteiger charge is 2.19. The molecule has 1 N–H and O–H groups in total. The number of hydrogen-bond donors (Lipinski definition) is 1. The Morgan fingerprint density at radius 2 is 2.04 bits per heavy atom. The summed E-state index contributed by atoms with van der Waals surface area (Å²) in [6.07, 6.45) is 1.47. The third-order valence-corrected chi connectivity index (χ3v) is 5.00. The zero-order valence-corrected chi connectivity index (χ0v) is 14.3. The third kappa shape index (κ3) is 3.01. The molecule has 0 saturated carbocycles. The van der Waals surface area contributed by atoms with E-state index in [-0.39, 0.29) is 17.2 Å². The van der Waals surface area contributed by atoms with Crippen LogP contribution in [0.1, 0.15) is 22.2 Å². The minimum Gasteiger partial charge on any atom is -0.321 e. The Morgan fingerprint density at radius 3 is 2.64 bits per heavy atom. The number of nitro benzene ring substituents is 1. The van der Waals surface area contributed by atoms with Crippen LogP contribution >= 0.6 is 11.3 Å². The van der Waals surface area contributed by atoms with E-state index in [2.05, 4.69) is 10.3 Å². The lowest BCUT2D eigenvalue weighted by Crippen LogP contribution is -2.19. The first kappa shape index (κ1) is 16.8. The molecule has 9 heteroatoms. The molecule has 0 aliphatic heterocycles. The predicted octanol–water partition coefficient (Wildman–Crippen LogP) is 2.95. The van der Waals surface area contributed by atoms with Crippen molar-refractivity contribution in [2.45, 2.75) is 20.4 Å². The maximum atomic E-state index is 12.5. The summed E-state index contributed by atoms with van der Waals surface area (Å²) in [4.78, 5) is 40.2. The molecule has 8 nitrogen and oxygen atoms in total. The summed E-state index contributed by atoms with van der Waals surface area (Å²) in [6.45, 7) is 4.06. The topological polar surface area (TPSA) is 107 Å². The molecule has 3 aromatic rings. The minimum atomic E-state index is -0.508. The van der Waals surface area contributed by atoms with Gasteiger partial charge in [-0.2, -0.15) is 0 Å². The van der Waals surface area contributed by atoms with E-state index in [9.17, 15) is 19.7 Å². The standard InChI is InChI=1S/C16H14N4O4S/c1-3-19-8-17-15-12(16(19)22)9(2)13(25-15)14(21)18-10-4-6-11(7-5-10)20(23)24/h4-8H,3H2,1-2H3,(H,18,21). The van der Waals surface area contributed by atoms with Crippen molar-refractivity contribution in [2.24, 2.45) is 0 Å². The zero-order valence-electron chi connectivity index (χ0n) is 13.5. The van der Waals surface area contributed by atoms with Crippen LogP contribution in [-0.2, 0) is 6.54 Å². The average molecular weight is 358 g/mol. The van der Waals surface area contributed by atoms with Crippen molar-refractivity contribution in [3.63, 3.8) is 0 Å². The number of anilines is 1. The second-order valence-electron chi connectivity index (χ2n) is 5.33. The van der Waals surface area contributed by atoms with Crippen LogP contribution in [0.3, 0.4) is 0 Å². The predicted molar refractivity (Wildman–Crippen MR) is 95.3 cm³/mol. The molecule has 25 heavy (non-hydrogen) atoms. The number of carbonyl (C=O) groups excluding carboxylic acids is 1. The summed E-state index contributed by atoms with van der Waals surface area (Å²) in [5, 5.41) is 13.8. The van der Waals surface area contributed by atoms with Gasteiger partial charge in [-0.3, -0.25) is 24.3 Å². The number of nitro groups is 1. The van der Waals surface area contributed by atoms with Gasteiger partial charge >= 0.3 is 0 Å². The first-order chi connectivity index (χ1) is 11.9. The van der Waals surface area contributed by atoms with Gasteiger partial charge in [-0.25, -0.2) is 4.98 Å². The van der Waals surface area contributed by atoms with E-state index in [1.165, 1.54) is 35.2 Å². The van der Waals surface area contributed by atoms with Crippen molar-refractivity contribution in [1.29, 1.82) is 0 Å². The van der Waals surface area contributed by atoms with Crippen molar-refractivity contribution in [2.75, 3.05) is 5.32 Å². The molecule has 0 bridgehead atoms. The van der Waals surface area contributed by atoms with E-state index in [0.29, 0.717) is 32.9 Å².